The van der Waals surface area contributed by atoms with E-state index in [9.17, 15) is 12.8 Å². The molecule has 1 aliphatic rings. The molecule has 0 unspecified atom stereocenters. The second-order valence-corrected chi connectivity index (χ2v) is 8.60. The molecule has 1 fully saturated rings. The second-order valence-electron chi connectivity index (χ2n) is 5.64. The third kappa shape index (κ3) is 4.38. The Bertz CT molecular complexity index is 858. The Morgan fingerprint density at radius 3 is 2.72 bits per heavy atom. The molecule has 1 saturated heterocycles. The highest BCUT2D eigenvalue weighted by molar-refractivity contribution is 9.10. The number of pyridine rings is 1. The lowest BCUT2D eigenvalue weighted by Gasteiger charge is -2.24. The first-order valence-electron chi connectivity index (χ1n) is 7.57. The van der Waals surface area contributed by atoms with Gasteiger partial charge in [0, 0.05) is 17.3 Å². The number of ether oxygens (including phenoxy) is 1. The molecule has 1 aromatic heterocycles. The summed E-state index contributed by atoms with van der Waals surface area (Å²) in [7, 11) is -3.96. The van der Waals surface area contributed by atoms with E-state index in [1.165, 1.54) is 24.4 Å². The number of sulfonamides is 1. The number of rotatable bonds is 5. The van der Waals surface area contributed by atoms with Gasteiger partial charge in [0.25, 0.3) is 0 Å². The number of benzene rings is 1. The minimum absolute atomic E-state index is 0.124. The van der Waals surface area contributed by atoms with E-state index >= 15 is 0 Å². The molecule has 2 aromatic rings. The maximum atomic E-state index is 13.2. The molecule has 0 saturated carbocycles. The maximum Gasteiger partial charge on any atom is 0.244 e. The van der Waals surface area contributed by atoms with Crippen LogP contribution in [-0.4, -0.2) is 26.1 Å². The molecule has 134 valence electrons. The SMILES string of the molecule is O=S(=O)(N[C@H](c1ccc(F)cc1)[C@@H]1CCCO1)c1cc(Br)cnc1Cl. The third-order valence-corrected chi connectivity index (χ3v) is 6.21. The zero-order chi connectivity index (χ0) is 18.0. The molecule has 0 amide bonds. The summed E-state index contributed by atoms with van der Waals surface area (Å²) in [4.78, 5) is 3.72. The fourth-order valence-corrected chi connectivity index (χ4v) is 4.91. The van der Waals surface area contributed by atoms with E-state index in [0.717, 1.165) is 6.42 Å². The van der Waals surface area contributed by atoms with Crippen molar-refractivity contribution >= 4 is 37.6 Å². The van der Waals surface area contributed by atoms with Crippen molar-refractivity contribution in [2.24, 2.45) is 0 Å². The van der Waals surface area contributed by atoms with Gasteiger partial charge in [-0.1, -0.05) is 23.7 Å². The molecular formula is C16H15BrClFN2O3S. The molecule has 0 aliphatic carbocycles. The van der Waals surface area contributed by atoms with Crippen LogP contribution in [0.15, 0.2) is 45.9 Å². The number of aromatic nitrogens is 1. The Morgan fingerprint density at radius 2 is 2.08 bits per heavy atom. The molecular weight excluding hydrogens is 435 g/mol. The third-order valence-electron chi connectivity index (χ3n) is 3.91. The summed E-state index contributed by atoms with van der Waals surface area (Å²) in [5, 5.41) is -0.124. The average molecular weight is 450 g/mol. The molecule has 0 spiro atoms. The maximum absolute atomic E-state index is 13.2. The van der Waals surface area contributed by atoms with Gasteiger partial charge in [0.05, 0.1) is 12.1 Å². The van der Waals surface area contributed by atoms with Gasteiger partial charge in [0.2, 0.25) is 10.0 Å². The molecule has 9 heteroatoms. The van der Waals surface area contributed by atoms with Crippen LogP contribution in [0.4, 0.5) is 4.39 Å². The standard InChI is InChI=1S/C16H15BrClFN2O3S/c17-11-8-14(16(18)20-9-11)25(22,23)21-15(13-2-1-7-24-13)10-3-5-12(19)6-4-10/h3-6,8-9,13,15,21H,1-2,7H2/t13-,15+/m0/s1. The van der Waals surface area contributed by atoms with Crippen molar-refractivity contribution < 1.29 is 17.5 Å². The van der Waals surface area contributed by atoms with E-state index in [4.69, 9.17) is 16.3 Å². The molecule has 3 rings (SSSR count). The first kappa shape index (κ1) is 18.7. The van der Waals surface area contributed by atoms with E-state index in [2.05, 4.69) is 25.6 Å². The highest BCUT2D eigenvalue weighted by Crippen LogP contribution is 2.30. The Morgan fingerprint density at radius 1 is 1.36 bits per heavy atom. The van der Waals surface area contributed by atoms with Crippen LogP contribution < -0.4 is 4.72 Å². The van der Waals surface area contributed by atoms with E-state index < -0.39 is 21.9 Å². The van der Waals surface area contributed by atoms with Gasteiger partial charge in [0.15, 0.2) is 0 Å². The zero-order valence-corrected chi connectivity index (χ0v) is 16.1. The van der Waals surface area contributed by atoms with Gasteiger partial charge in [0.1, 0.15) is 15.9 Å². The van der Waals surface area contributed by atoms with Gasteiger partial charge >= 0.3 is 0 Å². The normalized spacial score (nSPS) is 19.1. The van der Waals surface area contributed by atoms with Gasteiger partial charge in [-0.15, -0.1) is 0 Å². The van der Waals surface area contributed by atoms with Crippen molar-refractivity contribution in [3.63, 3.8) is 0 Å². The Balaban J connectivity index is 1.96. The van der Waals surface area contributed by atoms with Crippen molar-refractivity contribution in [3.05, 3.63) is 57.5 Å². The fourth-order valence-electron chi connectivity index (χ4n) is 2.72. The van der Waals surface area contributed by atoms with Crippen molar-refractivity contribution in [1.29, 1.82) is 0 Å². The monoisotopic (exact) mass is 448 g/mol. The van der Waals surface area contributed by atoms with Gasteiger partial charge < -0.3 is 4.74 Å². The summed E-state index contributed by atoms with van der Waals surface area (Å²) in [5.74, 6) is -0.392. The number of hydrogen-bond donors (Lipinski definition) is 1. The lowest BCUT2D eigenvalue weighted by atomic mass is 10.0. The molecule has 0 radical (unpaired) electrons. The smallest absolute Gasteiger partial charge is 0.244 e. The van der Waals surface area contributed by atoms with Gasteiger partial charge in [-0.05, 0) is 52.5 Å². The molecule has 1 aromatic carbocycles. The van der Waals surface area contributed by atoms with E-state index in [0.29, 0.717) is 23.1 Å². The van der Waals surface area contributed by atoms with Crippen molar-refractivity contribution in [2.45, 2.75) is 29.9 Å². The first-order chi connectivity index (χ1) is 11.9. The van der Waals surface area contributed by atoms with E-state index in [1.54, 1.807) is 12.1 Å². The van der Waals surface area contributed by atoms with E-state index in [1.807, 2.05) is 0 Å². The van der Waals surface area contributed by atoms with Crippen LogP contribution in [0, 0.1) is 5.82 Å². The fraction of sp³-hybridized carbons (Fsp3) is 0.312. The van der Waals surface area contributed by atoms with Crippen LogP contribution in [0.3, 0.4) is 0 Å². The predicted octanol–water partition coefficient (Wildman–Crippen LogP) is 3.84. The number of nitrogens with zero attached hydrogens (tertiary/aromatic N) is 1. The lowest BCUT2D eigenvalue weighted by molar-refractivity contribution is 0.0851. The second kappa shape index (κ2) is 7.67. The predicted molar refractivity (Wildman–Crippen MR) is 95.4 cm³/mol. The molecule has 25 heavy (non-hydrogen) atoms. The number of nitrogens with one attached hydrogen (secondary N) is 1. The van der Waals surface area contributed by atoms with Crippen molar-refractivity contribution in [1.82, 2.24) is 9.71 Å². The first-order valence-corrected chi connectivity index (χ1v) is 10.2. The van der Waals surface area contributed by atoms with Gasteiger partial charge in [-0.3, -0.25) is 0 Å². The van der Waals surface area contributed by atoms with Crippen molar-refractivity contribution in [2.75, 3.05) is 6.61 Å². The molecule has 0 bridgehead atoms. The number of halogens is 3. The summed E-state index contributed by atoms with van der Waals surface area (Å²) in [6.45, 7) is 0.559. The van der Waals surface area contributed by atoms with Crippen LogP contribution in [0.5, 0.6) is 0 Å². The van der Waals surface area contributed by atoms with Crippen LogP contribution in [0.1, 0.15) is 24.4 Å². The minimum atomic E-state index is -3.96. The van der Waals surface area contributed by atoms with Gasteiger partial charge in [-0.25, -0.2) is 22.5 Å². The molecule has 1 aliphatic heterocycles. The Kier molecular flexibility index (Phi) is 5.75. The van der Waals surface area contributed by atoms with Crippen LogP contribution in [0.25, 0.3) is 0 Å². The molecule has 2 atom stereocenters. The Hall–Kier alpha value is -1.06. The van der Waals surface area contributed by atoms with Crippen molar-refractivity contribution in [3.8, 4) is 0 Å². The summed E-state index contributed by atoms with van der Waals surface area (Å²) in [6.07, 6.45) is 2.62. The summed E-state index contributed by atoms with van der Waals surface area (Å²) in [5.41, 5.74) is 0.621. The van der Waals surface area contributed by atoms with Crippen LogP contribution in [-0.2, 0) is 14.8 Å². The molecule has 2 heterocycles. The zero-order valence-electron chi connectivity index (χ0n) is 13.0. The van der Waals surface area contributed by atoms with E-state index in [-0.39, 0.29) is 16.2 Å². The summed E-state index contributed by atoms with van der Waals surface area (Å²) >= 11 is 9.15. The number of hydrogen-bond acceptors (Lipinski definition) is 4. The van der Waals surface area contributed by atoms with Gasteiger partial charge in [-0.2, -0.15) is 0 Å². The molecule has 1 N–H and O–H groups in total. The summed E-state index contributed by atoms with van der Waals surface area (Å²) in [6, 6.07) is 6.41. The van der Waals surface area contributed by atoms with Crippen LogP contribution in [0.2, 0.25) is 5.15 Å². The van der Waals surface area contributed by atoms with Crippen LogP contribution >= 0.6 is 27.5 Å². The lowest BCUT2D eigenvalue weighted by Crippen LogP contribution is -2.36. The molecule has 5 nitrogen and oxygen atoms in total. The highest BCUT2D eigenvalue weighted by Gasteiger charge is 2.32. The quantitative estimate of drug-likeness (QED) is 0.704. The average Bonchev–Trinajstić information content (AvgIpc) is 3.10. The topological polar surface area (TPSA) is 68.3 Å². The largest absolute Gasteiger partial charge is 0.376 e. The minimum Gasteiger partial charge on any atom is -0.376 e. The highest BCUT2D eigenvalue weighted by atomic mass is 79.9. The summed E-state index contributed by atoms with van der Waals surface area (Å²) < 4.78 is 47.7. The Labute approximate surface area is 158 Å².